The fourth-order valence-electron chi connectivity index (χ4n) is 9.03. The third-order valence-corrected chi connectivity index (χ3v) is 12.1. The molecule has 0 aliphatic carbocycles. The molecule has 0 bridgehead atoms. The number of amides is 3. The van der Waals surface area contributed by atoms with Crippen molar-refractivity contribution >= 4 is 17.9 Å². The first kappa shape index (κ1) is 38.0. The monoisotopic (exact) mass is 788 g/mol. The molecule has 3 fully saturated rings. The maximum atomic E-state index is 13.8. The maximum absolute atomic E-state index is 13.8. The molecule has 0 radical (unpaired) electrons. The van der Waals surface area contributed by atoms with E-state index in [0.29, 0.717) is 17.9 Å². The van der Waals surface area contributed by atoms with Gasteiger partial charge in [-0.15, -0.1) is 0 Å². The number of ether oxygens (including phenoxy) is 1. The number of aromatic nitrogens is 4. The normalized spacial score (nSPS) is 19.9. The van der Waals surface area contributed by atoms with Gasteiger partial charge in [0, 0.05) is 31.7 Å². The predicted octanol–water partition coefficient (Wildman–Crippen LogP) is 7.82. The molecule has 4 aromatic carbocycles. The first-order valence-corrected chi connectivity index (χ1v) is 20.6. The number of primary amides is 1. The van der Waals surface area contributed by atoms with Crippen LogP contribution in [0.1, 0.15) is 73.1 Å². The van der Waals surface area contributed by atoms with Crippen LogP contribution in [0.25, 0.3) is 33.6 Å². The van der Waals surface area contributed by atoms with Crippen molar-refractivity contribution in [3.8, 4) is 33.6 Å². The van der Waals surface area contributed by atoms with E-state index in [2.05, 4.69) is 97.5 Å². The van der Waals surface area contributed by atoms with E-state index in [1.807, 2.05) is 18.3 Å². The molecule has 3 aliphatic heterocycles. The lowest BCUT2D eigenvalue weighted by atomic mass is 10.0. The average molecular weight is 789 g/mol. The largest absolute Gasteiger partial charge is 0.431 e. The van der Waals surface area contributed by atoms with Gasteiger partial charge in [0.1, 0.15) is 11.6 Å². The van der Waals surface area contributed by atoms with Crippen LogP contribution >= 0.6 is 0 Å². The number of likely N-dealkylation sites (tertiary alicyclic amines) is 3. The van der Waals surface area contributed by atoms with Crippen LogP contribution in [0.3, 0.4) is 0 Å². The Hall–Kier alpha value is -6.53. The quantitative estimate of drug-likeness (QED) is 0.121. The molecule has 300 valence electrons. The van der Waals surface area contributed by atoms with Crippen LogP contribution < -0.4 is 5.73 Å². The molecular weight excluding hydrogens is 741 g/mol. The minimum absolute atomic E-state index is 0.0263. The SMILES string of the molecule is NC(=O)O[C@@H](C(=O)N1CCC[C@H]1c1ncc(-c2ccc(-c3ccc(-c4cnc([C@@H]5CCCN5C(=O)[C@@H]5CCN(Cc6ccccc6)C5)[nH]4)cc3)cc2)[nH]1)c1ccccc1. The topological polar surface area (TPSA) is 154 Å². The molecule has 0 unspecified atom stereocenters. The summed E-state index contributed by atoms with van der Waals surface area (Å²) in [5.74, 6) is 1.50. The zero-order chi connectivity index (χ0) is 40.3. The molecule has 12 heteroatoms. The molecule has 5 heterocycles. The van der Waals surface area contributed by atoms with Crippen molar-refractivity contribution in [2.24, 2.45) is 11.7 Å². The van der Waals surface area contributed by atoms with Gasteiger partial charge in [0.15, 0.2) is 0 Å². The fraction of sp³-hybridized carbons (Fsp3) is 0.298. The van der Waals surface area contributed by atoms with Crippen molar-refractivity contribution in [2.45, 2.75) is 56.8 Å². The molecule has 4 atom stereocenters. The zero-order valence-electron chi connectivity index (χ0n) is 32.9. The molecule has 4 N–H and O–H groups in total. The van der Waals surface area contributed by atoms with Crippen LogP contribution in [0.2, 0.25) is 0 Å². The number of nitrogens with one attached hydrogen (secondary N) is 2. The number of rotatable bonds is 11. The molecule has 9 rings (SSSR count). The van der Waals surface area contributed by atoms with Crippen LogP contribution in [0, 0.1) is 5.92 Å². The average Bonchev–Trinajstić information content (AvgIpc) is 4.13. The molecule has 3 saturated heterocycles. The van der Waals surface area contributed by atoms with Crippen molar-refractivity contribution < 1.29 is 19.1 Å². The number of carbonyl (C=O) groups is 3. The maximum Gasteiger partial charge on any atom is 0.405 e. The first-order valence-electron chi connectivity index (χ1n) is 20.6. The second kappa shape index (κ2) is 16.8. The van der Waals surface area contributed by atoms with Crippen LogP contribution in [0.5, 0.6) is 0 Å². The third kappa shape index (κ3) is 8.13. The second-order valence-electron chi connectivity index (χ2n) is 15.8. The van der Waals surface area contributed by atoms with Crippen molar-refractivity contribution in [3.05, 3.63) is 144 Å². The predicted molar refractivity (Wildman–Crippen MR) is 224 cm³/mol. The summed E-state index contributed by atoms with van der Waals surface area (Å²) in [5.41, 5.74) is 13.2. The number of imidazole rings is 2. The van der Waals surface area contributed by atoms with Crippen molar-refractivity contribution in [1.82, 2.24) is 34.6 Å². The highest BCUT2D eigenvalue weighted by molar-refractivity contribution is 5.85. The molecule has 59 heavy (non-hydrogen) atoms. The van der Waals surface area contributed by atoms with Crippen molar-refractivity contribution in [1.29, 1.82) is 0 Å². The highest BCUT2D eigenvalue weighted by Crippen LogP contribution is 2.37. The second-order valence-corrected chi connectivity index (χ2v) is 15.8. The Bertz CT molecular complexity index is 2400. The summed E-state index contributed by atoms with van der Waals surface area (Å²) >= 11 is 0. The summed E-state index contributed by atoms with van der Waals surface area (Å²) in [6.45, 7) is 3.92. The minimum Gasteiger partial charge on any atom is -0.431 e. The Labute approximate surface area is 343 Å². The van der Waals surface area contributed by atoms with E-state index in [0.717, 1.165) is 97.7 Å². The van der Waals surface area contributed by atoms with E-state index < -0.39 is 12.2 Å². The number of nitrogens with zero attached hydrogens (tertiary/aromatic N) is 5. The Kier molecular flexibility index (Phi) is 10.8. The third-order valence-electron chi connectivity index (χ3n) is 12.1. The molecular formula is C47H48N8O4. The van der Waals surface area contributed by atoms with Gasteiger partial charge in [-0.1, -0.05) is 109 Å². The number of hydrogen-bond donors (Lipinski definition) is 3. The first-order chi connectivity index (χ1) is 28.9. The van der Waals surface area contributed by atoms with Crippen molar-refractivity contribution in [2.75, 3.05) is 26.2 Å². The summed E-state index contributed by atoms with van der Waals surface area (Å²) in [6.07, 6.45) is 5.88. The Morgan fingerprint density at radius 3 is 1.76 bits per heavy atom. The lowest BCUT2D eigenvalue weighted by Crippen LogP contribution is -2.37. The van der Waals surface area contributed by atoms with Gasteiger partial charge >= 0.3 is 6.09 Å². The number of carbonyl (C=O) groups excluding carboxylic acids is 3. The van der Waals surface area contributed by atoms with Gasteiger partial charge in [-0.2, -0.15) is 0 Å². The van der Waals surface area contributed by atoms with E-state index in [-0.39, 0.29) is 29.8 Å². The summed E-state index contributed by atoms with van der Waals surface area (Å²) < 4.78 is 5.31. The van der Waals surface area contributed by atoms with Crippen LogP contribution in [-0.4, -0.2) is 78.7 Å². The molecule has 2 aromatic heterocycles. The minimum atomic E-state index is -1.12. The Morgan fingerprint density at radius 2 is 1.19 bits per heavy atom. The van der Waals surface area contributed by atoms with Gasteiger partial charge in [-0.3, -0.25) is 14.5 Å². The number of aromatic amines is 2. The summed E-state index contributed by atoms with van der Waals surface area (Å²) in [4.78, 5) is 61.9. The van der Waals surface area contributed by atoms with E-state index in [1.165, 1.54) is 5.56 Å². The molecule has 3 amide bonds. The fourth-order valence-corrected chi connectivity index (χ4v) is 9.03. The van der Waals surface area contributed by atoms with E-state index >= 15 is 0 Å². The zero-order valence-corrected chi connectivity index (χ0v) is 32.9. The molecule has 6 aromatic rings. The number of nitrogens with two attached hydrogens (primary N) is 1. The standard InChI is InChI=1S/C47H48N8O4/c48-47(58)59-42(36-11-5-2-6-12-36)46(57)55-25-8-14-41(55)44-50-28-39(52-44)35-21-17-33(18-22-35)32-15-19-34(20-16-32)38-27-49-43(51-38)40-13-7-24-54(40)45(56)37-23-26-53(30-37)29-31-9-3-1-4-10-31/h1-6,9-12,15-22,27-28,37,40-42H,7-8,13-14,23-26,29-30H2,(H2,48,58)(H,49,51)(H,50,52)/t37-,40+,41+,42-/m1/s1. The number of benzene rings is 4. The van der Waals surface area contributed by atoms with E-state index in [4.69, 9.17) is 15.5 Å². The van der Waals surface area contributed by atoms with E-state index in [9.17, 15) is 14.4 Å². The van der Waals surface area contributed by atoms with Gasteiger partial charge < -0.3 is 30.2 Å². The highest BCUT2D eigenvalue weighted by atomic mass is 16.6. The van der Waals surface area contributed by atoms with Gasteiger partial charge in [0.05, 0.1) is 41.8 Å². The molecule has 3 aliphatic rings. The van der Waals surface area contributed by atoms with Crippen LogP contribution in [0.15, 0.2) is 122 Å². The summed E-state index contributed by atoms with van der Waals surface area (Å²) in [7, 11) is 0. The van der Waals surface area contributed by atoms with E-state index in [1.54, 1.807) is 35.4 Å². The van der Waals surface area contributed by atoms with Crippen LogP contribution in [-0.2, 0) is 20.9 Å². The van der Waals surface area contributed by atoms with Gasteiger partial charge in [0.2, 0.25) is 12.0 Å². The smallest absolute Gasteiger partial charge is 0.405 e. The summed E-state index contributed by atoms with van der Waals surface area (Å²) in [5, 5.41) is 0. The van der Waals surface area contributed by atoms with Gasteiger partial charge in [-0.05, 0) is 66.5 Å². The Morgan fingerprint density at radius 1 is 0.661 bits per heavy atom. The lowest BCUT2D eigenvalue weighted by molar-refractivity contribution is -0.141. The van der Waals surface area contributed by atoms with Gasteiger partial charge in [0.25, 0.3) is 5.91 Å². The molecule has 12 nitrogen and oxygen atoms in total. The number of H-pyrrole nitrogens is 2. The van der Waals surface area contributed by atoms with Gasteiger partial charge in [-0.25, -0.2) is 14.8 Å². The Balaban J connectivity index is 0.827. The molecule has 0 saturated carbocycles. The summed E-state index contributed by atoms with van der Waals surface area (Å²) in [6, 6.07) is 35.8. The van der Waals surface area contributed by atoms with Crippen molar-refractivity contribution in [3.63, 3.8) is 0 Å². The lowest BCUT2D eigenvalue weighted by Gasteiger charge is -2.27. The van der Waals surface area contributed by atoms with Crippen LogP contribution in [0.4, 0.5) is 4.79 Å². The highest BCUT2D eigenvalue weighted by Gasteiger charge is 2.39. The molecule has 0 spiro atoms. The number of hydrogen-bond acceptors (Lipinski definition) is 7.